The molecule has 4 aliphatic carbocycles. The summed E-state index contributed by atoms with van der Waals surface area (Å²) in [6.07, 6.45) is 9.11. The lowest BCUT2D eigenvalue weighted by molar-refractivity contribution is -0.224. The van der Waals surface area contributed by atoms with Gasteiger partial charge in [0, 0.05) is 12.5 Å². The Hall–Kier alpha value is -1.32. The van der Waals surface area contributed by atoms with Gasteiger partial charge in [-0.1, -0.05) is 20.4 Å². The zero-order valence-electron chi connectivity index (χ0n) is 15.0. The van der Waals surface area contributed by atoms with Crippen LogP contribution in [0.2, 0.25) is 0 Å². The number of carbonyl (C=O) groups excluding carboxylic acids is 2. The number of rotatable bonds is 7. The van der Waals surface area contributed by atoms with Gasteiger partial charge in [0.25, 0.3) is 0 Å². The molecule has 4 fully saturated rings. The first-order valence-electron chi connectivity index (χ1n) is 9.42. The van der Waals surface area contributed by atoms with Gasteiger partial charge < -0.3 is 9.47 Å². The maximum absolute atomic E-state index is 12.4. The van der Waals surface area contributed by atoms with Crippen LogP contribution in [-0.2, 0) is 19.1 Å². The van der Waals surface area contributed by atoms with E-state index in [4.69, 9.17) is 9.47 Å². The molecule has 134 valence electrons. The van der Waals surface area contributed by atoms with Crippen LogP contribution in [0.1, 0.15) is 65.2 Å². The van der Waals surface area contributed by atoms with Crippen LogP contribution < -0.4 is 0 Å². The molecule has 4 nitrogen and oxygen atoms in total. The molecule has 0 saturated heterocycles. The summed E-state index contributed by atoms with van der Waals surface area (Å²) < 4.78 is 11.1. The zero-order valence-corrected chi connectivity index (χ0v) is 15.0. The number of ether oxygens (including phenoxy) is 2. The van der Waals surface area contributed by atoms with Gasteiger partial charge in [-0.25, -0.2) is 4.79 Å². The first kappa shape index (κ1) is 17.5. The maximum atomic E-state index is 12.4. The summed E-state index contributed by atoms with van der Waals surface area (Å²) in [6, 6.07) is 0. The molecule has 0 aromatic heterocycles. The minimum absolute atomic E-state index is 0.135. The van der Waals surface area contributed by atoms with Crippen LogP contribution in [-0.4, -0.2) is 24.1 Å². The molecule has 0 amide bonds. The normalized spacial score (nSPS) is 39.5. The minimum Gasteiger partial charge on any atom is -0.463 e. The summed E-state index contributed by atoms with van der Waals surface area (Å²) in [4.78, 5) is 23.4. The van der Waals surface area contributed by atoms with Gasteiger partial charge in [-0.15, -0.1) is 0 Å². The van der Waals surface area contributed by atoms with E-state index in [0.29, 0.717) is 30.1 Å². The lowest BCUT2D eigenvalue weighted by atomic mass is 9.44. The van der Waals surface area contributed by atoms with Crippen LogP contribution in [0, 0.1) is 23.2 Å². The van der Waals surface area contributed by atoms with E-state index in [1.165, 1.54) is 32.1 Å². The van der Waals surface area contributed by atoms with Gasteiger partial charge in [0.1, 0.15) is 5.60 Å². The Kier molecular flexibility index (Phi) is 4.76. The Morgan fingerprint density at radius 1 is 1.21 bits per heavy atom. The second kappa shape index (κ2) is 6.53. The van der Waals surface area contributed by atoms with Crippen molar-refractivity contribution in [2.24, 2.45) is 23.2 Å². The van der Waals surface area contributed by atoms with Crippen molar-refractivity contribution in [2.75, 3.05) is 6.61 Å². The largest absolute Gasteiger partial charge is 0.463 e. The average molecular weight is 334 g/mol. The summed E-state index contributed by atoms with van der Waals surface area (Å²) >= 11 is 0. The third-order valence-electron chi connectivity index (χ3n) is 6.67. The molecule has 0 radical (unpaired) electrons. The van der Waals surface area contributed by atoms with Crippen molar-refractivity contribution < 1.29 is 19.1 Å². The summed E-state index contributed by atoms with van der Waals surface area (Å²) in [5.74, 6) is 1.32. The third kappa shape index (κ3) is 3.12. The fourth-order valence-corrected chi connectivity index (χ4v) is 5.98. The van der Waals surface area contributed by atoms with E-state index in [1.807, 2.05) is 0 Å². The second-order valence-corrected chi connectivity index (χ2v) is 8.41. The van der Waals surface area contributed by atoms with Crippen molar-refractivity contribution >= 4 is 11.9 Å². The monoisotopic (exact) mass is 334 g/mol. The molecular formula is C20H30O4. The average Bonchev–Trinajstić information content (AvgIpc) is 2.53. The smallest absolute Gasteiger partial charge is 0.330 e. The number of hydrogen-bond acceptors (Lipinski definition) is 4. The van der Waals surface area contributed by atoms with Crippen molar-refractivity contribution in [3.05, 3.63) is 12.7 Å². The van der Waals surface area contributed by atoms with Crippen LogP contribution in [0.3, 0.4) is 0 Å². The summed E-state index contributed by atoms with van der Waals surface area (Å²) in [5, 5.41) is 0. The molecule has 4 heteroatoms. The molecule has 0 aliphatic heterocycles. The Morgan fingerprint density at radius 3 is 2.42 bits per heavy atom. The van der Waals surface area contributed by atoms with Crippen molar-refractivity contribution in [1.82, 2.24) is 0 Å². The molecular weight excluding hydrogens is 304 g/mol. The quantitative estimate of drug-likeness (QED) is 0.401. The first-order chi connectivity index (χ1) is 11.4. The lowest BCUT2D eigenvalue weighted by Gasteiger charge is -2.63. The Morgan fingerprint density at radius 2 is 1.88 bits per heavy atom. The molecule has 2 atom stereocenters. The van der Waals surface area contributed by atoms with Gasteiger partial charge in [-0.3, -0.25) is 4.79 Å². The van der Waals surface area contributed by atoms with Crippen LogP contribution in [0.15, 0.2) is 12.7 Å². The van der Waals surface area contributed by atoms with Gasteiger partial charge in [0.05, 0.1) is 6.61 Å². The van der Waals surface area contributed by atoms with Crippen molar-refractivity contribution in [1.29, 1.82) is 0 Å². The summed E-state index contributed by atoms with van der Waals surface area (Å²) in [6.45, 7) is 8.19. The van der Waals surface area contributed by atoms with Crippen LogP contribution in [0.25, 0.3) is 0 Å². The standard InChI is InChI=1S/C20H30O4/c1-4-17(21)23-8-6-7-18(22)24-20(5-2)15-9-14-10-16(20)13-19(3,11-14)12-15/h4,14-16H,1,5-13H2,2-3H3. The molecule has 0 aromatic rings. The van der Waals surface area contributed by atoms with Gasteiger partial charge >= 0.3 is 11.9 Å². The van der Waals surface area contributed by atoms with E-state index in [0.717, 1.165) is 18.4 Å². The zero-order chi connectivity index (χ0) is 17.4. The van der Waals surface area contributed by atoms with Gasteiger partial charge in [0.2, 0.25) is 0 Å². The Labute approximate surface area is 145 Å². The van der Waals surface area contributed by atoms with E-state index >= 15 is 0 Å². The Bertz CT molecular complexity index is 508. The fourth-order valence-electron chi connectivity index (χ4n) is 5.98. The molecule has 4 saturated carbocycles. The highest BCUT2D eigenvalue weighted by atomic mass is 16.6. The highest BCUT2D eigenvalue weighted by Gasteiger charge is 2.61. The first-order valence-corrected chi connectivity index (χ1v) is 9.42. The second-order valence-electron chi connectivity index (χ2n) is 8.41. The predicted octanol–water partition coefficient (Wildman–Crippen LogP) is 4.03. The third-order valence-corrected chi connectivity index (χ3v) is 6.67. The number of esters is 2. The molecule has 0 N–H and O–H groups in total. The van der Waals surface area contributed by atoms with E-state index in [9.17, 15) is 9.59 Å². The Balaban J connectivity index is 1.57. The number of hydrogen-bond donors (Lipinski definition) is 0. The fraction of sp³-hybridized carbons (Fsp3) is 0.800. The molecule has 0 heterocycles. The highest BCUT2D eigenvalue weighted by molar-refractivity contribution is 5.81. The molecule has 4 bridgehead atoms. The molecule has 2 unspecified atom stereocenters. The SMILES string of the molecule is C=CC(=O)OCCCC(=O)OC1(CC)C2CC3CC1CC(C)(C3)C2. The number of carbonyl (C=O) groups is 2. The van der Waals surface area contributed by atoms with Crippen molar-refractivity contribution in [3.8, 4) is 0 Å². The molecule has 4 rings (SSSR count). The van der Waals surface area contributed by atoms with Gasteiger partial charge in [-0.2, -0.15) is 0 Å². The van der Waals surface area contributed by atoms with E-state index < -0.39 is 5.97 Å². The van der Waals surface area contributed by atoms with E-state index in [-0.39, 0.29) is 18.2 Å². The van der Waals surface area contributed by atoms with Gasteiger partial charge in [0.15, 0.2) is 0 Å². The summed E-state index contributed by atoms with van der Waals surface area (Å²) in [5.41, 5.74) is 0.228. The van der Waals surface area contributed by atoms with Crippen LogP contribution in [0.4, 0.5) is 0 Å². The predicted molar refractivity (Wildman–Crippen MR) is 91.2 cm³/mol. The molecule has 0 spiro atoms. The minimum atomic E-state index is -0.442. The van der Waals surface area contributed by atoms with Crippen LogP contribution >= 0.6 is 0 Å². The van der Waals surface area contributed by atoms with E-state index in [2.05, 4.69) is 20.4 Å². The molecule has 24 heavy (non-hydrogen) atoms. The summed E-state index contributed by atoms with van der Waals surface area (Å²) in [7, 11) is 0. The molecule has 0 aromatic carbocycles. The topological polar surface area (TPSA) is 52.6 Å². The van der Waals surface area contributed by atoms with Crippen molar-refractivity contribution in [2.45, 2.75) is 70.8 Å². The lowest BCUT2D eigenvalue weighted by Crippen LogP contribution is -2.61. The molecule has 4 aliphatic rings. The van der Waals surface area contributed by atoms with Crippen molar-refractivity contribution in [3.63, 3.8) is 0 Å². The van der Waals surface area contributed by atoms with Gasteiger partial charge in [-0.05, 0) is 68.1 Å². The highest BCUT2D eigenvalue weighted by Crippen LogP contribution is 2.65. The van der Waals surface area contributed by atoms with Crippen LogP contribution in [0.5, 0.6) is 0 Å². The maximum Gasteiger partial charge on any atom is 0.330 e. The van der Waals surface area contributed by atoms with E-state index in [1.54, 1.807) is 0 Å².